The minimum atomic E-state index is -1.70. The predicted molar refractivity (Wildman–Crippen MR) is 215 cm³/mol. The quantitative estimate of drug-likeness (QED) is 0.0276. The van der Waals surface area contributed by atoms with Gasteiger partial charge < -0.3 is 64.2 Å². The van der Waals surface area contributed by atoms with Gasteiger partial charge in [-0.05, 0) is 44.9 Å². The molecule has 2 fully saturated rings. The number of allylic oxidation sites excluding steroid dienone is 4. The summed E-state index contributed by atoms with van der Waals surface area (Å²) in [5, 5.41) is 71.5. The van der Waals surface area contributed by atoms with Gasteiger partial charge in [-0.3, -0.25) is 4.79 Å². The van der Waals surface area contributed by atoms with Crippen LogP contribution in [0.2, 0.25) is 0 Å². The molecular weight excluding hydrogens is 740 g/mol. The van der Waals surface area contributed by atoms with Gasteiger partial charge in [-0.25, -0.2) is 0 Å². The average molecular weight is 819 g/mol. The number of rotatable bonds is 33. The third kappa shape index (κ3) is 21.5. The first-order valence-electron chi connectivity index (χ1n) is 21.9. The van der Waals surface area contributed by atoms with E-state index in [9.17, 15) is 40.5 Å². The number of carbonyl (C=O) groups excluding carboxylic acids is 1. The summed E-state index contributed by atoms with van der Waals surface area (Å²) in [6, 6.07) is 0. The maximum Gasteiger partial charge on any atom is 0.306 e. The van der Waals surface area contributed by atoms with E-state index in [4.69, 9.17) is 28.4 Å². The summed E-state index contributed by atoms with van der Waals surface area (Å²) in [4.78, 5) is 12.6. The summed E-state index contributed by atoms with van der Waals surface area (Å²) in [5.74, 6) is -0.402. The van der Waals surface area contributed by atoms with Crippen molar-refractivity contribution in [1.29, 1.82) is 0 Å². The number of aliphatic hydroxyl groups is 7. The number of carbonyl (C=O) groups is 1. The number of ether oxygens (including phenoxy) is 6. The van der Waals surface area contributed by atoms with Crippen LogP contribution in [0.25, 0.3) is 0 Å². The van der Waals surface area contributed by atoms with Crippen LogP contribution in [0.4, 0.5) is 0 Å². The van der Waals surface area contributed by atoms with Gasteiger partial charge in [0, 0.05) is 13.0 Å². The third-order valence-corrected chi connectivity index (χ3v) is 10.5. The van der Waals surface area contributed by atoms with E-state index >= 15 is 0 Å². The molecule has 11 unspecified atom stereocenters. The molecule has 0 bridgehead atoms. The van der Waals surface area contributed by atoms with Crippen molar-refractivity contribution in [1.82, 2.24) is 0 Å². The average Bonchev–Trinajstić information content (AvgIpc) is 3.20. The van der Waals surface area contributed by atoms with Crippen LogP contribution in [-0.2, 0) is 33.2 Å². The zero-order valence-corrected chi connectivity index (χ0v) is 34.8. The molecule has 2 aliphatic rings. The first-order valence-corrected chi connectivity index (χ1v) is 21.9. The highest BCUT2D eigenvalue weighted by molar-refractivity contribution is 5.69. The Balaban J connectivity index is 1.67. The van der Waals surface area contributed by atoms with Gasteiger partial charge in [0.15, 0.2) is 12.6 Å². The standard InChI is InChI=1S/C43H78O14/c1-3-5-7-8-9-10-11-12-13-14-15-16-17-18-19-20-21-22-23-25-27-52-29-32(55-35(45)26-24-6-4-2)30-53-42-41(51)39(49)37(47)34(57-42)31-54-43-40(50)38(48)36(46)33(28-44)56-43/h9-10,12-13,32-34,36-44,46-51H,3-8,11,14-31H2,1-2H3/b10-9-,13-12-. The van der Waals surface area contributed by atoms with Crippen molar-refractivity contribution in [2.24, 2.45) is 0 Å². The Morgan fingerprint density at radius 1 is 0.579 bits per heavy atom. The molecule has 0 radical (unpaired) electrons. The molecule has 0 spiro atoms. The largest absolute Gasteiger partial charge is 0.457 e. The monoisotopic (exact) mass is 819 g/mol. The van der Waals surface area contributed by atoms with Gasteiger partial charge in [0.1, 0.15) is 54.9 Å². The summed E-state index contributed by atoms with van der Waals surface area (Å²) in [6.07, 6.45) is 15.0. The van der Waals surface area contributed by atoms with Gasteiger partial charge in [-0.1, -0.05) is 115 Å². The predicted octanol–water partition coefficient (Wildman–Crippen LogP) is 4.51. The minimum Gasteiger partial charge on any atom is -0.457 e. The fourth-order valence-electron chi connectivity index (χ4n) is 6.78. The number of hydrogen-bond donors (Lipinski definition) is 7. The Kier molecular flexibility index (Phi) is 29.2. The van der Waals surface area contributed by atoms with Crippen molar-refractivity contribution in [3.63, 3.8) is 0 Å². The molecule has 11 atom stereocenters. The second kappa shape index (κ2) is 32.3. The highest BCUT2D eigenvalue weighted by atomic mass is 16.7. The number of unbranched alkanes of at least 4 members (excludes halogenated alkanes) is 15. The van der Waals surface area contributed by atoms with E-state index in [-0.39, 0.29) is 19.6 Å². The molecule has 0 aromatic carbocycles. The summed E-state index contributed by atoms with van der Waals surface area (Å²) in [6.45, 7) is 3.46. The van der Waals surface area contributed by atoms with Gasteiger partial charge in [0.05, 0.1) is 26.4 Å². The lowest BCUT2D eigenvalue weighted by molar-refractivity contribution is -0.332. The molecule has 0 aromatic heterocycles. The van der Waals surface area contributed by atoms with Crippen molar-refractivity contribution >= 4 is 5.97 Å². The van der Waals surface area contributed by atoms with Crippen LogP contribution in [-0.4, -0.2) is 142 Å². The second-order valence-electron chi connectivity index (χ2n) is 15.5. The highest BCUT2D eigenvalue weighted by Crippen LogP contribution is 2.26. The first-order chi connectivity index (χ1) is 27.6. The molecule has 2 aliphatic heterocycles. The van der Waals surface area contributed by atoms with Crippen molar-refractivity contribution in [2.75, 3.05) is 33.0 Å². The molecule has 2 rings (SSSR count). The summed E-state index contributed by atoms with van der Waals surface area (Å²) < 4.78 is 33.8. The minimum absolute atomic E-state index is 0.0587. The molecule has 14 nitrogen and oxygen atoms in total. The number of esters is 1. The van der Waals surface area contributed by atoms with Gasteiger partial charge in [0.25, 0.3) is 0 Å². The van der Waals surface area contributed by atoms with Gasteiger partial charge in [-0.15, -0.1) is 0 Å². The molecule has 7 N–H and O–H groups in total. The van der Waals surface area contributed by atoms with E-state index < -0.39 is 86.7 Å². The Morgan fingerprint density at radius 3 is 1.68 bits per heavy atom. The Hall–Kier alpha value is -1.53. The van der Waals surface area contributed by atoms with Crippen molar-refractivity contribution in [3.8, 4) is 0 Å². The molecule has 2 heterocycles. The van der Waals surface area contributed by atoms with E-state index in [0.717, 1.165) is 38.5 Å². The van der Waals surface area contributed by atoms with E-state index in [0.29, 0.717) is 13.0 Å². The summed E-state index contributed by atoms with van der Waals surface area (Å²) in [7, 11) is 0. The van der Waals surface area contributed by atoms with Crippen molar-refractivity contribution < 1.29 is 69.0 Å². The van der Waals surface area contributed by atoms with E-state index in [1.165, 1.54) is 77.0 Å². The zero-order chi connectivity index (χ0) is 41.7. The second-order valence-corrected chi connectivity index (χ2v) is 15.5. The first kappa shape index (κ1) is 51.6. The van der Waals surface area contributed by atoms with Crippen LogP contribution in [0.3, 0.4) is 0 Å². The maximum absolute atomic E-state index is 12.6. The molecular formula is C43H78O14. The lowest BCUT2D eigenvalue weighted by Gasteiger charge is -2.42. The SMILES string of the molecule is CCCCC/C=C\C/C=C\CCCCCCCCCCCCOCC(COC1OC(COC2OC(CO)C(O)C(O)C2O)C(O)C(O)C1O)OC(=O)CCCCC. The fraction of sp³-hybridized carbons (Fsp3) is 0.884. The van der Waals surface area contributed by atoms with E-state index in [1.54, 1.807) is 0 Å². The van der Waals surface area contributed by atoms with Crippen LogP contribution in [0.5, 0.6) is 0 Å². The molecule has 2 saturated heterocycles. The highest BCUT2D eigenvalue weighted by Gasteiger charge is 2.47. The molecule has 14 heteroatoms. The van der Waals surface area contributed by atoms with Crippen LogP contribution >= 0.6 is 0 Å². The van der Waals surface area contributed by atoms with Gasteiger partial charge in [0.2, 0.25) is 0 Å². The Bertz CT molecular complexity index is 1040. The zero-order valence-electron chi connectivity index (χ0n) is 34.8. The van der Waals surface area contributed by atoms with E-state index in [1.807, 2.05) is 6.92 Å². The van der Waals surface area contributed by atoms with Crippen LogP contribution in [0, 0.1) is 0 Å². The van der Waals surface area contributed by atoms with Crippen molar-refractivity contribution in [3.05, 3.63) is 24.3 Å². The normalized spacial score (nSPS) is 28.7. The Labute approximate surface area is 341 Å². The lowest BCUT2D eigenvalue weighted by atomic mass is 9.98. The van der Waals surface area contributed by atoms with Crippen LogP contribution in [0.15, 0.2) is 24.3 Å². The molecule has 0 saturated carbocycles. The molecule has 0 aliphatic carbocycles. The molecule has 0 aromatic rings. The molecule has 0 amide bonds. The van der Waals surface area contributed by atoms with Crippen molar-refractivity contribution in [2.45, 2.75) is 210 Å². The Morgan fingerprint density at radius 2 is 1.09 bits per heavy atom. The summed E-state index contributed by atoms with van der Waals surface area (Å²) in [5.41, 5.74) is 0. The van der Waals surface area contributed by atoms with Crippen LogP contribution in [0.1, 0.15) is 142 Å². The van der Waals surface area contributed by atoms with Crippen LogP contribution < -0.4 is 0 Å². The van der Waals surface area contributed by atoms with Gasteiger partial charge >= 0.3 is 5.97 Å². The summed E-state index contributed by atoms with van der Waals surface area (Å²) >= 11 is 0. The topological polar surface area (TPSA) is 214 Å². The van der Waals surface area contributed by atoms with E-state index in [2.05, 4.69) is 31.2 Å². The molecule has 57 heavy (non-hydrogen) atoms. The molecule has 334 valence electrons. The maximum atomic E-state index is 12.6. The third-order valence-electron chi connectivity index (χ3n) is 10.5. The smallest absolute Gasteiger partial charge is 0.306 e. The van der Waals surface area contributed by atoms with Gasteiger partial charge in [-0.2, -0.15) is 0 Å². The lowest BCUT2D eigenvalue weighted by Crippen LogP contribution is -2.61. The number of hydrogen-bond acceptors (Lipinski definition) is 14. The fourth-order valence-corrected chi connectivity index (χ4v) is 6.78. The number of aliphatic hydroxyl groups excluding tert-OH is 7.